The van der Waals surface area contributed by atoms with Crippen molar-refractivity contribution in [3.05, 3.63) is 45.0 Å². The summed E-state index contributed by atoms with van der Waals surface area (Å²) in [4.78, 5) is 46.7. The number of aromatic amines is 1. The molecule has 0 saturated heterocycles. The van der Waals surface area contributed by atoms with E-state index in [9.17, 15) is 28.0 Å². The molecule has 1 amide bonds. The lowest BCUT2D eigenvalue weighted by molar-refractivity contribution is -0.143. The number of hydrogen-bond donors (Lipinski definition) is 3. The third-order valence-electron chi connectivity index (χ3n) is 3.49. The summed E-state index contributed by atoms with van der Waals surface area (Å²) in [5.41, 5.74) is -1.04. The van der Waals surface area contributed by atoms with Crippen LogP contribution in [0.5, 0.6) is 0 Å². The van der Waals surface area contributed by atoms with E-state index in [0.29, 0.717) is 0 Å². The van der Waals surface area contributed by atoms with Gasteiger partial charge >= 0.3 is 5.97 Å². The average molecular weight is 355 g/mol. The third kappa shape index (κ3) is 4.49. The van der Waals surface area contributed by atoms with Crippen molar-refractivity contribution >= 4 is 22.6 Å². The van der Waals surface area contributed by atoms with Crippen LogP contribution in [0, 0.1) is 0 Å². The zero-order valence-corrected chi connectivity index (χ0v) is 12.9. The molecule has 0 bridgehead atoms. The number of carbonyl (C=O) groups excluding carboxylic acids is 1. The number of alkyl halides is 2. The topological polar surface area (TPSA) is 121 Å². The molecule has 25 heavy (non-hydrogen) atoms. The van der Waals surface area contributed by atoms with Crippen molar-refractivity contribution in [2.75, 3.05) is 0 Å². The number of aliphatic carboxylic acids is 1. The second-order valence-corrected chi connectivity index (χ2v) is 5.28. The van der Waals surface area contributed by atoms with Crippen LogP contribution >= 0.6 is 0 Å². The molecule has 0 saturated carbocycles. The Morgan fingerprint density at radius 2 is 1.84 bits per heavy atom. The van der Waals surface area contributed by atoms with Gasteiger partial charge in [-0.25, -0.2) is 18.3 Å². The fourth-order valence-corrected chi connectivity index (χ4v) is 2.28. The molecule has 1 aromatic heterocycles. The highest BCUT2D eigenvalue weighted by atomic mass is 19.3. The number of carbonyl (C=O) groups is 2. The molecule has 2 aromatic rings. The number of amides is 1. The summed E-state index contributed by atoms with van der Waals surface area (Å²) in [5.74, 6) is -2.40. The number of rotatable bonds is 7. The summed E-state index contributed by atoms with van der Waals surface area (Å²) in [6, 6.07) is 4.41. The van der Waals surface area contributed by atoms with Gasteiger partial charge in [0.15, 0.2) is 0 Å². The van der Waals surface area contributed by atoms with Crippen molar-refractivity contribution in [3.63, 3.8) is 0 Å². The first-order valence-corrected chi connectivity index (χ1v) is 7.31. The maximum Gasteiger partial charge on any atom is 0.326 e. The minimum absolute atomic E-state index is 0.174. The molecule has 0 aliphatic rings. The Hall–Kier alpha value is -3.04. The van der Waals surface area contributed by atoms with E-state index in [4.69, 9.17) is 5.11 Å². The minimum Gasteiger partial charge on any atom is -0.480 e. The molecule has 1 unspecified atom stereocenters. The lowest BCUT2D eigenvalue weighted by Crippen LogP contribution is -2.42. The van der Waals surface area contributed by atoms with E-state index in [-0.39, 0.29) is 23.7 Å². The Morgan fingerprint density at radius 1 is 1.20 bits per heavy atom. The maximum absolute atomic E-state index is 12.3. The van der Waals surface area contributed by atoms with Crippen LogP contribution < -0.4 is 16.4 Å². The lowest BCUT2D eigenvalue weighted by atomic mass is 10.2. The smallest absolute Gasteiger partial charge is 0.326 e. The van der Waals surface area contributed by atoms with Gasteiger partial charge in [-0.3, -0.25) is 19.5 Å². The van der Waals surface area contributed by atoms with Gasteiger partial charge in [0.05, 0.1) is 17.3 Å². The lowest BCUT2D eigenvalue weighted by Gasteiger charge is -2.14. The van der Waals surface area contributed by atoms with Crippen LogP contribution in [0.3, 0.4) is 0 Å². The molecule has 1 heterocycles. The molecule has 3 N–H and O–H groups in total. The zero-order chi connectivity index (χ0) is 18.6. The van der Waals surface area contributed by atoms with Gasteiger partial charge < -0.3 is 10.4 Å². The number of aromatic nitrogens is 2. The van der Waals surface area contributed by atoms with Gasteiger partial charge in [-0.1, -0.05) is 12.1 Å². The second kappa shape index (κ2) is 7.69. The predicted octanol–water partition coefficient (Wildman–Crippen LogP) is 0.304. The first kappa shape index (κ1) is 18.3. The van der Waals surface area contributed by atoms with Gasteiger partial charge in [0.25, 0.3) is 11.1 Å². The summed E-state index contributed by atoms with van der Waals surface area (Å²) in [6.07, 6.45) is -4.27. The Morgan fingerprint density at radius 3 is 2.44 bits per heavy atom. The molecular formula is C15H15F2N3O5. The molecule has 134 valence electrons. The highest BCUT2D eigenvalue weighted by Gasteiger charge is 2.24. The quantitative estimate of drug-likeness (QED) is 0.660. The standard InChI is InChI=1S/C15H15F2N3O5/c16-11(17)7-10(15(24)25)18-12(21)5-6-20-14(23)9-4-2-1-3-8(9)13(22)19-20/h1-4,10-11H,5-7H2,(H,18,21)(H,19,22)(H,24,25). The molecule has 8 nitrogen and oxygen atoms in total. The van der Waals surface area contributed by atoms with Gasteiger partial charge in [-0.05, 0) is 12.1 Å². The largest absolute Gasteiger partial charge is 0.480 e. The third-order valence-corrected chi connectivity index (χ3v) is 3.49. The van der Waals surface area contributed by atoms with Crippen molar-refractivity contribution in [2.45, 2.75) is 31.9 Å². The van der Waals surface area contributed by atoms with Crippen LogP contribution in [-0.4, -0.2) is 39.2 Å². The van der Waals surface area contributed by atoms with Crippen LogP contribution in [0.4, 0.5) is 8.78 Å². The number of nitrogens with zero attached hydrogens (tertiary/aromatic N) is 1. The predicted molar refractivity (Wildman–Crippen MR) is 83.6 cm³/mol. The number of hydrogen-bond acceptors (Lipinski definition) is 4. The van der Waals surface area contributed by atoms with Crippen LogP contribution in [0.2, 0.25) is 0 Å². The molecule has 10 heteroatoms. The molecule has 1 atom stereocenters. The summed E-state index contributed by atoms with van der Waals surface area (Å²) >= 11 is 0. The number of halogens is 2. The Labute approximate surface area is 139 Å². The highest BCUT2D eigenvalue weighted by Crippen LogP contribution is 2.05. The zero-order valence-electron chi connectivity index (χ0n) is 12.9. The van der Waals surface area contributed by atoms with Gasteiger partial charge in [-0.15, -0.1) is 0 Å². The normalized spacial score (nSPS) is 12.3. The van der Waals surface area contributed by atoms with Crippen molar-refractivity contribution in [1.29, 1.82) is 0 Å². The maximum atomic E-state index is 12.3. The summed E-state index contributed by atoms with van der Waals surface area (Å²) < 4.78 is 25.5. The van der Waals surface area contributed by atoms with Crippen LogP contribution in [-0.2, 0) is 16.1 Å². The molecule has 0 radical (unpaired) electrons. The van der Waals surface area contributed by atoms with Crippen LogP contribution in [0.15, 0.2) is 33.9 Å². The minimum atomic E-state index is -2.89. The van der Waals surface area contributed by atoms with Crippen molar-refractivity contribution < 1.29 is 23.5 Å². The number of benzene rings is 1. The molecule has 0 fully saturated rings. The van der Waals surface area contributed by atoms with E-state index in [1.807, 2.05) is 5.32 Å². The van der Waals surface area contributed by atoms with Crippen LogP contribution in [0.25, 0.3) is 10.8 Å². The van der Waals surface area contributed by atoms with E-state index in [1.54, 1.807) is 12.1 Å². The monoisotopic (exact) mass is 355 g/mol. The average Bonchev–Trinajstić information content (AvgIpc) is 2.56. The Bertz CT molecular complexity index is 906. The first-order valence-electron chi connectivity index (χ1n) is 7.31. The van der Waals surface area contributed by atoms with E-state index < -0.39 is 41.9 Å². The van der Waals surface area contributed by atoms with E-state index in [0.717, 1.165) is 4.68 Å². The number of aryl methyl sites for hydroxylation is 1. The molecule has 2 rings (SSSR count). The van der Waals surface area contributed by atoms with Crippen molar-refractivity contribution in [1.82, 2.24) is 15.1 Å². The van der Waals surface area contributed by atoms with Gasteiger partial charge in [-0.2, -0.15) is 0 Å². The fraction of sp³-hybridized carbons (Fsp3) is 0.333. The first-order chi connectivity index (χ1) is 11.8. The Balaban J connectivity index is 2.11. The molecule has 1 aromatic carbocycles. The molecule has 0 aliphatic carbocycles. The van der Waals surface area contributed by atoms with E-state index in [1.165, 1.54) is 12.1 Å². The number of H-pyrrole nitrogens is 1. The SMILES string of the molecule is O=C(CCn1[nH]c(=O)c2ccccc2c1=O)NC(CC(F)F)C(=O)O. The van der Waals surface area contributed by atoms with Crippen molar-refractivity contribution in [3.8, 4) is 0 Å². The fourth-order valence-electron chi connectivity index (χ4n) is 2.28. The summed E-state index contributed by atoms with van der Waals surface area (Å²) in [5, 5.41) is 13.5. The van der Waals surface area contributed by atoms with Crippen molar-refractivity contribution in [2.24, 2.45) is 0 Å². The summed E-state index contributed by atoms with van der Waals surface area (Å²) in [6.45, 7) is -0.230. The Kier molecular flexibility index (Phi) is 5.63. The molecule has 0 spiro atoms. The number of nitrogens with one attached hydrogen (secondary N) is 2. The number of fused-ring (bicyclic) bond motifs is 1. The van der Waals surface area contributed by atoms with E-state index >= 15 is 0 Å². The number of carboxylic acid groups (broad SMARTS) is 1. The molecule has 0 aliphatic heterocycles. The number of carboxylic acids is 1. The van der Waals surface area contributed by atoms with Gasteiger partial charge in [0.1, 0.15) is 6.04 Å². The van der Waals surface area contributed by atoms with Gasteiger partial charge in [0, 0.05) is 12.8 Å². The highest BCUT2D eigenvalue weighted by molar-refractivity contribution is 5.83. The second-order valence-electron chi connectivity index (χ2n) is 5.28. The van der Waals surface area contributed by atoms with Gasteiger partial charge in [0.2, 0.25) is 12.3 Å². The summed E-state index contributed by atoms with van der Waals surface area (Å²) in [7, 11) is 0. The van der Waals surface area contributed by atoms with Crippen LogP contribution in [0.1, 0.15) is 12.8 Å². The molecular weight excluding hydrogens is 340 g/mol. The van der Waals surface area contributed by atoms with E-state index in [2.05, 4.69) is 5.10 Å².